The van der Waals surface area contributed by atoms with Crippen molar-refractivity contribution in [1.29, 1.82) is 0 Å². The molecule has 1 aromatic heterocycles. The van der Waals surface area contributed by atoms with Crippen LogP contribution >= 0.6 is 0 Å². The third-order valence-electron chi connectivity index (χ3n) is 3.89. The van der Waals surface area contributed by atoms with Gasteiger partial charge < -0.3 is 5.32 Å². The number of aromatic nitrogens is 3. The van der Waals surface area contributed by atoms with Crippen molar-refractivity contribution >= 4 is 27.0 Å². The van der Waals surface area contributed by atoms with Crippen molar-refractivity contribution in [3.05, 3.63) is 18.2 Å². The largest absolute Gasteiger partial charge is 0.351 e. The minimum atomic E-state index is -3.54. The number of amides is 1. The average Bonchev–Trinajstić information content (AvgIpc) is 2.94. The molecule has 1 amide bonds. The first-order chi connectivity index (χ1) is 12.1. The van der Waals surface area contributed by atoms with E-state index in [1.165, 1.54) is 10.4 Å². The minimum absolute atomic E-state index is 0.0677. The number of nitrogens with zero attached hydrogens (tertiary/aromatic N) is 4. The number of aryl methyl sites for hydroxylation is 1. The zero-order valence-corrected chi connectivity index (χ0v) is 16.8. The molecule has 26 heavy (non-hydrogen) atoms. The highest BCUT2D eigenvalue weighted by Crippen LogP contribution is 2.20. The number of sulfonamides is 1. The first-order valence-corrected chi connectivity index (χ1v) is 10.2. The fraction of sp³-hybridized carbons (Fsp3) is 0.588. The lowest BCUT2D eigenvalue weighted by Gasteiger charge is -2.20. The molecule has 0 bridgehead atoms. The van der Waals surface area contributed by atoms with E-state index >= 15 is 0 Å². The maximum atomic E-state index is 12.6. The SMILES string of the molecule is CCN(CC)S(=O)(=O)c1ccc2c(c1)nnn2CCC(=O)NC(C)(C)C. The van der Waals surface area contributed by atoms with Crippen molar-refractivity contribution in [2.24, 2.45) is 0 Å². The third kappa shape index (κ3) is 4.59. The summed E-state index contributed by atoms with van der Waals surface area (Å²) in [5.41, 5.74) is 0.913. The van der Waals surface area contributed by atoms with Crippen LogP contribution in [-0.2, 0) is 21.4 Å². The van der Waals surface area contributed by atoms with Crippen LogP contribution < -0.4 is 5.32 Å². The maximum absolute atomic E-state index is 12.6. The summed E-state index contributed by atoms with van der Waals surface area (Å²) < 4.78 is 28.2. The van der Waals surface area contributed by atoms with Crippen LogP contribution in [0.2, 0.25) is 0 Å². The van der Waals surface area contributed by atoms with Gasteiger partial charge >= 0.3 is 0 Å². The Morgan fingerprint density at radius 1 is 1.23 bits per heavy atom. The lowest BCUT2D eigenvalue weighted by molar-refractivity contribution is -0.122. The van der Waals surface area contributed by atoms with Crippen LogP contribution in [-0.4, -0.2) is 52.3 Å². The lowest BCUT2D eigenvalue weighted by atomic mass is 10.1. The van der Waals surface area contributed by atoms with Gasteiger partial charge in [0.25, 0.3) is 0 Å². The van der Waals surface area contributed by atoms with Crippen LogP contribution in [0.15, 0.2) is 23.1 Å². The zero-order chi connectivity index (χ0) is 19.5. The van der Waals surface area contributed by atoms with Crippen LogP contribution in [0.25, 0.3) is 11.0 Å². The number of carbonyl (C=O) groups excluding carboxylic acids is 1. The van der Waals surface area contributed by atoms with Gasteiger partial charge in [-0.1, -0.05) is 19.1 Å². The Morgan fingerprint density at radius 3 is 2.46 bits per heavy atom. The molecule has 0 unspecified atom stereocenters. The van der Waals surface area contributed by atoms with E-state index in [4.69, 9.17) is 0 Å². The lowest BCUT2D eigenvalue weighted by Crippen LogP contribution is -2.40. The van der Waals surface area contributed by atoms with Gasteiger partial charge in [0.15, 0.2) is 0 Å². The van der Waals surface area contributed by atoms with Gasteiger partial charge in [0, 0.05) is 25.0 Å². The first-order valence-electron chi connectivity index (χ1n) is 8.73. The Labute approximate surface area is 154 Å². The van der Waals surface area contributed by atoms with Gasteiger partial charge in [-0.15, -0.1) is 5.10 Å². The molecule has 0 aliphatic rings. The van der Waals surface area contributed by atoms with E-state index in [0.717, 1.165) is 0 Å². The average molecular weight is 382 g/mol. The van der Waals surface area contributed by atoms with Crippen LogP contribution in [0.5, 0.6) is 0 Å². The van der Waals surface area contributed by atoms with Gasteiger partial charge in [-0.2, -0.15) is 4.31 Å². The number of carbonyl (C=O) groups is 1. The van der Waals surface area contributed by atoms with Crippen molar-refractivity contribution in [2.45, 2.75) is 58.0 Å². The van der Waals surface area contributed by atoms with E-state index < -0.39 is 10.0 Å². The molecule has 0 saturated heterocycles. The molecule has 1 aromatic carbocycles. The molecule has 1 heterocycles. The predicted octanol–water partition coefficient (Wildman–Crippen LogP) is 1.77. The Hall–Kier alpha value is -2.00. The van der Waals surface area contributed by atoms with Crippen LogP contribution in [0, 0.1) is 0 Å². The number of nitrogens with one attached hydrogen (secondary N) is 1. The van der Waals surface area contributed by atoms with Crippen LogP contribution in [0.1, 0.15) is 41.0 Å². The summed E-state index contributed by atoms with van der Waals surface area (Å²) in [4.78, 5) is 12.2. The molecule has 1 N–H and O–H groups in total. The molecule has 2 aromatic rings. The smallest absolute Gasteiger partial charge is 0.243 e. The topological polar surface area (TPSA) is 97.2 Å². The standard InChI is InChI=1S/C17H27N5O3S/c1-6-21(7-2)26(24,25)13-8-9-15-14(12-13)19-20-22(15)11-10-16(23)18-17(3,4)5/h8-9,12H,6-7,10-11H2,1-5H3,(H,18,23). The molecule has 9 heteroatoms. The molecule has 0 radical (unpaired) electrons. The van der Waals surface area contributed by atoms with E-state index in [2.05, 4.69) is 15.6 Å². The van der Waals surface area contributed by atoms with Crippen molar-refractivity contribution in [3.8, 4) is 0 Å². The second-order valence-corrected chi connectivity index (χ2v) is 9.04. The normalized spacial score (nSPS) is 12.7. The molecule has 0 saturated carbocycles. The Bertz CT molecular complexity index is 879. The van der Waals surface area contributed by atoms with Gasteiger partial charge in [0.1, 0.15) is 5.52 Å². The second kappa shape index (κ2) is 7.71. The van der Waals surface area contributed by atoms with Crippen LogP contribution in [0.3, 0.4) is 0 Å². The summed E-state index contributed by atoms with van der Waals surface area (Å²) in [7, 11) is -3.54. The van der Waals surface area contributed by atoms with Crippen molar-refractivity contribution in [3.63, 3.8) is 0 Å². The number of hydrogen-bond donors (Lipinski definition) is 1. The molecule has 0 atom stereocenters. The number of hydrogen-bond acceptors (Lipinski definition) is 5. The molecule has 0 fully saturated rings. The van der Waals surface area contributed by atoms with Gasteiger partial charge in [-0.3, -0.25) is 4.79 Å². The fourth-order valence-corrected chi connectivity index (χ4v) is 4.16. The number of benzene rings is 1. The predicted molar refractivity (Wildman–Crippen MR) is 100 cm³/mol. The van der Waals surface area contributed by atoms with Crippen molar-refractivity contribution in [1.82, 2.24) is 24.6 Å². The Kier molecular flexibility index (Phi) is 6.02. The Balaban J connectivity index is 2.20. The minimum Gasteiger partial charge on any atom is -0.351 e. The molecule has 144 valence electrons. The zero-order valence-electron chi connectivity index (χ0n) is 16.0. The van der Waals surface area contributed by atoms with Gasteiger partial charge in [0.2, 0.25) is 15.9 Å². The molecule has 2 rings (SSSR count). The number of fused-ring (bicyclic) bond motifs is 1. The quantitative estimate of drug-likeness (QED) is 0.788. The molecule has 0 spiro atoms. The Morgan fingerprint density at radius 2 is 1.88 bits per heavy atom. The molecule has 8 nitrogen and oxygen atoms in total. The van der Waals surface area contributed by atoms with E-state index in [1.807, 2.05) is 20.8 Å². The van der Waals surface area contributed by atoms with E-state index in [0.29, 0.717) is 30.7 Å². The highest BCUT2D eigenvalue weighted by Gasteiger charge is 2.22. The molecular weight excluding hydrogens is 354 g/mol. The van der Waals surface area contributed by atoms with Crippen LogP contribution in [0.4, 0.5) is 0 Å². The monoisotopic (exact) mass is 381 g/mol. The van der Waals surface area contributed by atoms with E-state index in [9.17, 15) is 13.2 Å². The van der Waals surface area contributed by atoms with Gasteiger partial charge in [-0.25, -0.2) is 13.1 Å². The van der Waals surface area contributed by atoms with E-state index in [-0.39, 0.29) is 22.8 Å². The second-order valence-electron chi connectivity index (χ2n) is 7.10. The molecular formula is C17H27N5O3S. The summed E-state index contributed by atoms with van der Waals surface area (Å²) in [6.45, 7) is 10.6. The summed E-state index contributed by atoms with van der Waals surface area (Å²) in [6, 6.07) is 4.78. The molecule has 0 aliphatic carbocycles. The highest BCUT2D eigenvalue weighted by molar-refractivity contribution is 7.89. The van der Waals surface area contributed by atoms with Gasteiger partial charge in [0.05, 0.1) is 17.0 Å². The van der Waals surface area contributed by atoms with E-state index in [1.54, 1.807) is 30.7 Å². The molecule has 0 aliphatic heterocycles. The number of rotatable bonds is 7. The maximum Gasteiger partial charge on any atom is 0.243 e. The highest BCUT2D eigenvalue weighted by atomic mass is 32.2. The van der Waals surface area contributed by atoms with Gasteiger partial charge in [-0.05, 0) is 39.0 Å². The first kappa shape index (κ1) is 20.3. The van der Waals surface area contributed by atoms with Crippen molar-refractivity contribution < 1.29 is 13.2 Å². The third-order valence-corrected chi connectivity index (χ3v) is 5.94. The summed E-state index contributed by atoms with van der Waals surface area (Å²) in [5, 5.41) is 11.0. The fourth-order valence-electron chi connectivity index (χ4n) is 2.68. The summed E-state index contributed by atoms with van der Waals surface area (Å²) in [6.07, 6.45) is 0.273. The van der Waals surface area contributed by atoms with Crippen molar-refractivity contribution in [2.75, 3.05) is 13.1 Å². The summed E-state index contributed by atoms with van der Waals surface area (Å²) >= 11 is 0. The summed E-state index contributed by atoms with van der Waals surface area (Å²) in [5.74, 6) is -0.0677.